The molecule has 1 aliphatic heterocycles. The molecule has 1 amide bonds. The lowest BCUT2D eigenvalue weighted by molar-refractivity contribution is -0.0323. The molecule has 0 bridgehead atoms. The number of morpholine rings is 1. The minimum atomic E-state index is -1.03. The number of H-pyrrole nitrogens is 1. The molecule has 6 nitrogen and oxygen atoms in total. The van der Waals surface area contributed by atoms with Crippen LogP contribution in [-0.4, -0.2) is 45.3 Å². The number of fused-ring (bicyclic) bond motifs is 1. The molecule has 0 aliphatic carbocycles. The molecule has 2 heterocycles. The van der Waals surface area contributed by atoms with Crippen molar-refractivity contribution in [1.29, 1.82) is 0 Å². The molecule has 2 aromatic rings. The summed E-state index contributed by atoms with van der Waals surface area (Å²) < 4.78 is 5.52. The molecule has 22 heavy (non-hydrogen) atoms. The third-order valence-corrected chi connectivity index (χ3v) is 4.06. The van der Waals surface area contributed by atoms with Crippen molar-refractivity contribution in [1.82, 2.24) is 14.9 Å². The molecule has 0 spiro atoms. The number of carbonyl (C=O) groups is 1. The zero-order valence-corrected chi connectivity index (χ0v) is 12.5. The number of nitrogens with zero attached hydrogens (tertiary/aromatic N) is 2. The van der Waals surface area contributed by atoms with Crippen LogP contribution in [0.4, 0.5) is 4.79 Å². The number of aryl methyl sites for hydroxylation is 2. The standard InChI is InChI=1S/C16H17N3O3/c1-4-11-7-19(16(20)21)14(8-22-11)15-17-12-5-9(2)10(3)6-13(12)18-15/h1,5-6,11,14H,7-8H2,2-3H3,(H,17,18)(H,20,21)/t11-,14+/m1/s1. The Morgan fingerprint density at radius 1 is 1.50 bits per heavy atom. The lowest BCUT2D eigenvalue weighted by Gasteiger charge is -2.34. The Labute approximate surface area is 128 Å². The Kier molecular flexibility index (Phi) is 3.51. The summed E-state index contributed by atoms with van der Waals surface area (Å²) in [5, 5.41) is 9.41. The van der Waals surface area contributed by atoms with Gasteiger partial charge in [-0.05, 0) is 37.1 Å². The van der Waals surface area contributed by atoms with E-state index in [4.69, 9.17) is 11.2 Å². The molecule has 0 unspecified atom stereocenters. The molecule has 1 aromatic heterocycles. The van der Waals surface area contributed by atoms with Crippen LogP contribution in [0.25, 0.3) is 11.0 Å². The number of hydrogen-bond acceptors (Lipinski definition) is 3. The molecule has 1 saturated heterocycles. The van der Waals surface area contributed by atoms with Gasteiger partial charge < -0.3 is 14.8 Å². The third kappa shape index (κ3) is 2.40. The predicted molar refractivity (Wildman–Crippen MR) is 81.6 cm³/mol. The van der Waals surface area contributed by atoms with Crippen molar-refractivity contribution in [3.05, 3.63) is 29.1 Å². The van der Waals surface area contributed by atoms with Crippen molar-refractivity contribution in [3.8, 4) is 12.3 Å². The van der Waals surface area contributed by atoms with E-state index in [2.05, 4.69) is 15.9 Å². The topological polar surface area (TPSA) is 78.5 Å². The van der Waals surface area contributed by atoms with Crippen LogP contribution in [0.3, 0.4) is 0 Å². The van der Waals surface area contributed by atoms with Crippen LogP contribution in [0, 0.1) is 26.2 Å². The van der Waals surface area contributed by atoms with Crippen molar-refractivity contribution in [2.75, 3.05) is 13.2 Å². The summed E-state index contributed by atoms with van der Waals surface area (Å²) >= 11 is 0. The summed E-state index contributed by atoms with van der Waals surface area (Å²) in [7, 11) is 0. The summed E-state index contributed by atoms with van der Waals surface area (Å²) in [5.41, 5.74) is 4.02. The van der Waals surface area contributed by atoms with Gasteiger partial charge in [-0.2, -0.15) is 0 Å². The predicted octanol–water partition coefficient (Wildman–Crippen LogP) is 2.23. The van der Waals surface area contributed by atoms with Gasteiger partial charge in [-0.3, -0.25) is 4.90 Å². The van der Waals surface area contributed by atoms with Crippen molar-refractivity contribution >= 4 is 17.1 Å². The number of nitrogens with one attached hydrogen (secondary N) is 1. The normalized spacial score (nSPS) is 21.8. The van der Waals surface area contributed by atoms with Crippen LogP contribution in [0.1, 0.15) is 23.0 Å². The van der Waals surface area contributed by atoms with E-state index in [9.17, 15) is 9.90 Å². The van der Waals surface area contributed by atoms with E-state index >= 15 is 0 Å². The number of rotatable bonds is 1. The second-order valence-corrected chi connectivity index (χ2v) is 5.52. The maximum atomic E-state index is 11.5. The van der Waals surface area contributed by atoms with Gasteiger partial charge in [-0.1, -0.05) is 5.92 Å². The number of imidazole rings is 1. The minimum absolute atomic E-state index is 0.144. The molecule has 0 radical (unpaired) electrons. The van der Waals surface area contributed by atoms with E-state index in [1.807, 2.05) is 26.0 Å². The first-order valence-corrected chi connectivity index (χ1v) is 7.03. The first-order valence-electron chi connectivity index (χ1n) is 7.03. The summed E-state index contributed by atoms with van der Waals surface area (Å²) in [6, 6.07) is 3.53. The fourth-order valence-electron chi connectivity index (χ4n) is 2.64. The molecule has 0 saturated carbocycles. The number of ether oxygens (including phenoxy) is 1. The summed E-state index contributed by atoms with van der Waals surface area (Å²) in [5.74, 6) is 3.03. The van der Waals surface area contributed by atoms with Gasteiger partial charge in [-0.15, -0.1) is 6.42 Å². The van der Waals surface area contributed by atoms with Crippen LogP contribution < -0.4 is 0 Å². The van der Waals surface area contributed by atoms with Gasteiger partial charge in [-0.25, -0.2) is 9.78 Å². The van der Waals surface area contributed by atoms with E-state index < -0.39 is 18.2 Å². The fourth-order valence-corrected chi connectivity index (χ4v) is 2.64. The van der Waals surface area contributed by atoms with Crippen LogP contribution in [-0.2, 0) is 4.74 Å². The van der Waals surface area contributed by atoms with Crippen molar-refractivity contribution in [2.24, 2.45) is 0 Å². The van der Waals surface area contributed by atoms with Gasteiger partial charge in [0, 0.05) is 0 Å². The Morgan fingerprint density at radius 2 is 2.23 bits per heavy atom. The Morgan fingerprint density at radius 3 is 2.91 bits per heavy atom. The van der Waals surface area contributed by atoms with Gasteiger partial charge >= 0.3 is 6.09 Å². The number of aromatic nitrogens is 2. The highest BCUT2D eigenvalue weighted by atomic mass is 16.5. The molecule has 1 aliphatic rings. The van der Waals surface area contributed by atoms with Gasteiger partial charge in [0.1, 0.15) is 18.0 Å². The summed E-state index contributed by atoms with van der Waals surface area (Å²) in [6.07, 6.45) is 3.79. The molecule has 1 fully saturated rings. The molecule has 2 N–H and O–H groups in total. The Bertz CT molecular complexity index is 736. The lowest BCUT2D eigenvalue weighted by atomic mass is 10.1. The molecule has 114 valence electrons. The zero-order valence-electron chi connectivity index (χ0n) is 12.5. The highest BCUT2D eigenvalue weighted by Gasteiger charge is 2.34. The average Bonchev–Trinajstić information content (AvgIpc) is 2.89. The van der Waals surface area contributed by atoms with Crippen molar-refractivity contribution < 1.29 is 14.6 Å². The summed E-state index contributed by atoms with van der Waals surface area (Å²) in [6.45, 7) is 4.39. The smallest absolute Gasteiger partial charge is 0.408 e. The van der Waals surface area contributed by atoms with Crippen LogP contribution in [0.5, 0.6) is 0 Å². The zero-order chi connectivity index (χ0) is 15.9. The summed E-state index contributed by atoms with van der Waals surface area (Å²) in [4.78, 5) is 20.5. The van der Waals surface area contributed by atoms with Gasteiger partial charge in [0.05, 0.1) is 24.2 Å². The third-order valence-electron chi connectivity index (χ3n) is 4.06. The minimum Gasteiger partial charge on any atom is -0.465 e. The maximum absolute atomic E-state index is 11.5. The van der Waals surface area contributed by atoms with Crippen molar-refractivity contribution in [3.63, 3.8) is 0 Å². The number of amides is 1. The van der Waals surface area contributed by atoms with Crippen LogP contribution in [0.15, 0.2) is 12.1 Å². The molecule has 6 heteroatoms. The monoisotopic (exact) mass is 299 g/mol. The van der Waals surface area contributed by atoms with Crippen LogP contribution >= 0.6 is 0 Å². The number of carboxylic acid groups (broad SMARTS) is 1. The Balaban J connectivity index is 1.98. The van der Waals surface area contributed by atoms with E-state index in [-0.39, 0.29) is 13.2 Å². The number of benzene rings is 1. The number of aromatic amines is 1. The largest absolute Gasteiger partial charge is 0.465 e. The first kappa shape index (κ1) is 14.4. The van der Waals surface area contributed by atoms with E-state index in [0.717, 1.165) is 22.2 Å². The molecular weight excluding hydrogens is 282 g/mol. The highest BCUT2D eigenvalue weighted by molar-refractivity contribution is 5.77. The van der Waals surface area contributed by atoms with Crippen LogP contribution in [0.2, 0.25) is 0 Å². The van der Waals surface area contributed by atoms with Gasteiger partial charge in [0.25, 0.3) is 0 Å². The number of hydrogen-bond donors (Lipinski definition) is 2. The van der Waals surface area contributed by atoms with Gasteiger partial charge in [0.2, 0.25) is 0 Å². The van der Waals surface area contributed by atoms with Gasteiger partial charge in [0.15, 0.2) is 0 Å². The fraction of sp³-hybridized carbons (Fsp3) is 0.375. The Hall–Kier alpha value is -2.52. The molecule has 2 atom stereocenters. The quantitative estimate of drug-likeness (QED) is 0.792. The second-order valence-electron chi connectivity index (χ2n) is 5.52. The van der Waals surface area contributed by atoms with Crippen molar-refractivity contribution in [2.45, 2.75) is 26.0 Å². The number of terminal acetylenes is 1. The first-order chi connectivity index (χ1) is 10.5. The average molecular weight is 299 g/mol. The second kappa shape index (κ2) is 5.35. The molecule has 1 aromatic carbocycles. The lowest BCUT2D eigenvalue weighted by Crippen LogP contribution is -2.47. The van der Waals surface area contributed by atoms with E-state index in [0.29, 0.717) is 5.82 Å². The SMILES string of the molecule is C#C[C@@H]1CN(C(=O)O)[C@H](c2nc3cc(C)c(C)cc3[nH]2)CO1. The maximum Gasteiger partial charge on any atom is 0.408 e. The van der Waals surface area contributed by atoms with E-state index in [1.165, 1.54) is 4.90 Å². The molecule has 3 rings (SSSR count). The highest BCUT2D eigenvalue weighted by Crippen LogP contribution is 2.27. The molecular formula is C16H17N3O3. The van der Waals surface area contributed by atoms with E-state index in [1.54, 1.807) is 0 Å².